The smallest absolute Gasteiger partial charge is 0.330 e. The highest BCUT2D eigenvalue weighted by Gasteiger charge is 2.71. The van der Waals surface area contributed by atoms with Gasteiger partial charge in [-0.05, 0) is 41.0 Å². The molecule has 2 saturated heterocycles. The Kier molecular flexibility index (Phi) is 7.67. The van der Waals surface area contributed by atoms with E-state index >= 15 is 0 Å². The van der Waals surface area contributed by atoms with Gasteiger partial charge in [0.2, 0.25) is 0 Å². The minimum atomic E-state index is -1.51. The van der Waals surface area contributed by atoms with Crippen LogP contribution >= 0.6 is 0 Å². The number of aliphatic hydroxyl groups excluding tert-OH is 1. The van der Waals surface area contributed by atoms with Crippen LogP contribution < -0.4 is 20.7 Å². The van der Waals surface area contributed by atoms with Crippen molar-refractivity contribution in [1.29, 1.82) is 0 Å². The quantitative estimate of drug-likeness (QED) is 0.304. The molecular formula is C32H33N3O8. The maximum atomic E-state index is 13.0. The standard InChI is InChI=1S/C32H33N3O8/c1-34-20-31(28(37)27(43-34)29(42-31)35-18-17-26(36)33-30(35)38)32(22-7-5-4-6-8-22,23-11-15-25(40-3)16-12-23)41-19-21-9-13-24(39-2)14-10-21/h4-18,27-29,37H,19-20H2,1-3H3,(H,33,36,38). The first-order valence-corrected chi connectivity index (χ1v) is 13.8. The Balaban J connectivity index is 1.57. The zero-order valence-corrected chi connectivity index (χ0v) is 24.0. The van der Waals surface area contributed by atoms with Crippen LogP contribution in [0.15, 0.2) is 101 Å². The summed E-state index contributed by atoms with van der Waals surface area (Å²) in [7, 11) is 4.94. The number of nitrogens with zero attached hydrogens (tertiary/aromatic N) is 2. The van der Waals surface area contributed by atoms with Gasteiger partial charge in [0.25, 0.3) is 5.56 Å². The van der Waals surface area contributed by atoms with Crippen molar-refractivity contribution in [3.05, 3.63) is 129 Å². The lowest BCUT2D eigenvalue weighted by molar-refractivity contribution is -0.291. The fraction of sp³-hybridized carbons (Fsp3) is 0.312. The monoisotopic (exact) mass is 587 g/mol. The maximum Gasteiger partial charge on any atom is 0.330 e. The van der Waals surface area contributed by atoms with Gasteiger partial charge in [-0.2, -0.15) is 5.06 Å². The molecule has 2 aliphatic heterocycles. The van der Waals surface area contributed by atoms with E-state index in [0.29, 0.717) is 17.1 Å². The molecule has 11 nitrogen and oxygen atoms in total. The summed E-state index contributed by atoms with van der Waals surface area (Å²) in [5.74, 6) is 1.36. The second kappa shape index (κ2) is 11.4. The summed E-state index contributed by atoms with van der Waals surface area (Å²) in [6.45, 7) is 0.212. The first-order valence-electron chi connectivity index (χ1n) is 13.8. The van der Waals surface area contributed by atoms with Crippen LogP contribution in [0.1, 0.15) is 22.9 Å². The second-order valence-electron chi connectivity index (χ2n) is 10.6. The summed E-state index contributed by atoms with van der Waals surface area (Å²) in [6, 6.07) is 25.7. The topological polar surface area (TPSA) is 124 Å². The number of hydrogen-bond donors (Lipinski definition) is 2. The first kappa shape index (κ1) is 28.8. The van der Waals surface area contributed by atoms with Crippen molar-refractivity contribution in [2.24, 2.45) is 0 Å². The summed E-state index contributed by atoms with van der Waals surface area (Å²) in [6.07, 6.45) is -2.03. The molecule has 0 aliphatic carbocycles. The molecule has 2 aliphatic rings. The number of hydroxylamine groups is 2. The fourth-order valence-corrected chi connectivity index (χ4v) is 6.19. The number of fused-ring (bicyclic) bond motifs is 2. The number of nitrogens with one attached hydrogen (secondary N) is 1. The van der Waals surface area contributed by atoms with Crippen LogP contribution in [0.4, 0.5) is 0 Å². The number of ether oxygens (including phenoxy) is 4. The molecular weight excluding hydrogens is 554 g/mol. The molecule has 2 fully saturated rings. The van der Waals surface area contributed by atoms with E-state index in [1.54, 1.807) is 26.3 Å². The van der Waals surface area contributed by atoms with Crippen LogP contribution in [-0.4, -0.2) is 65.3 Å². The molecule has 0 saturated carbocycles. The molecule has 5 unspecified atom stereocenters. The molecule has 2 N–H and O–H groups in total. The van der Waals surface area contributed by atoms with Gasteiger partial charge in [0, 0.05) is 19.3 Å². The third kappa shape index (κ3) is 4.85. The van der Waals surface area contributed by atoms with E-state index in [1.807, 2.05) is 78.9 Å². The van der Waals surface area contributed by atoms with Crippen LogP contribution in [-0.2, 0) is 26.5 Å². The zero-order chi connectivity index (χ0) is 30.2. The van der Waals surface area contributed by atoms with Gasteiger partial charge in [0.05, 0.1) is 27.4 Å². The second-order valence-corrected chi connectivity index (χ2v) is 10.6. The Morgan fingerprint density at radius 1 is 0.930 bits per heavy atom. The molecule has 0 spiro atoms. The summed E-state index contributed by atoms with van der Waals surface area (Å²) in [5.41, 5.74) is -1.90. The predicted octanol–water partition coefficient (Wildman–Crippen LogP) is 2.59. The number of aromatic amines is 1. The Hall–Kier alpha value is -4.26. The summed E-state index contributed by atoms with van der Waals surface area (Å²) in [4.78, 5) is 33.2. The molecule has 5 atom stereocenters. The Morgan fingerprint density at radius 2 is 1.56 bits per heavy atom. The van der Waals surface area contributed by atoms with E-state index in [2.05, 4.69) is 4.98 Å². The number of likely N-dealkylation sites (N-methyl/N-ethyl adjacent to an activating group) is 1. The van der Waals surface area contributed by atoms with Gasteiger partial charge in [-0.25, -0.2) is 4.79 Å². The summed E-state index contributed by atoms with van der Waals surface area (Å²) in [5, 5.41) is 13.8. The molecule has 3 aromatic carbocycles. The molecule has 0 radical (unpaired) electrons. The van der Waals surface area contributed by atoms with Gasteiger partial charge >= 0.3 is 5.69 Å². The highest BCUT2D eigenvalue weighted by atomic mass is 16.7. The zero-order valence-electron chi connectivity index (χ0n) is 24.0. The van der Waals surface area contributed by atoms with E-state index in [-0.39, 0.29) is 13.2 Å². The molecule has 11 heteroatoms. The molecule has 3 heterocycles. The van der Waals surface area contributed by atoms with E-state index in [9.17, 15) is 14.7 Å². The van der Waals surface area contributed by atoms with Crippen molar-refractivity contribution in [2.45, 2.75) is 36.2 Å². The first-order chi connectivity index (χ1) is 20.8. The van der Waals surface area contributed by atoms with Gasteiger partial charge in [-0.3, -0.25) is 19.2 Å². The van der Waals surface area contributed by atoms with Crippen molar-refractivity contribution in [2.75, 3.05) is 27.8 Å². The number of methoxy groups -OCH3 is 2. The lowest BCUT2D eigenvalue weighted by atomic mass is 9.69. The van der Waals surface area contributed by atoms with E-state index in [4.69, 9.17) is 23.8 Å². The van der Waals surface area contributed by atoms with Crippen molar-refractivity contribution in [3.8, 4) is 11.5 Å². The number of H-pyrrole nitrogens is 1. The highest BCUT2D eigenvalue weighted by molar-refractivity contribution is 5.45. The third-order valence-corrected chi connectivity index (χ3v) is 8.17. The molecule has 4 aromatic rings. The van der Waals surface area contributed by atoms with Gasteiger partial charge in [0.15, 0.2) is 23.5 Å². The number of aromatic nitrogens is 2. The van der Waals surface area contributed by atoms with Crippen LogP contribution in [0.25, 0.3) is 0 Å². The largest absolute Gasteiger partial charge is 0.497 e. The van der Waals surface area contributed by atoms with Crippen LogP contribution in [0.2, 0.25) is 0 Å². The maximum absolute atomic E-state index is 13.0. The Bertz CT molecular complexity index is 1670. The minimum absolute atomic E-state index is 0.0722. The Labute approximate surface area is 247 Å². The number of rotatable bonds is 9. The SMILES string of the molecule is COc1ccc(COC(c2ccccc2)(c2ccc(OC)cc2)C23CN(C)OC(C(n4ccc(=O)[nH]c4=O)O2)C3O)cc1. The fourth-order valence-electron chi connectivity index (χ4n) is 6.19. The van der Waals surface area contributed by atoms with E-state index in [0.717, 1.165) is 11.1 Å². The molecule has 1 aromatic heterocycles. The third-order valence-electron chi connectivity index (χ3n) is 8.17. The molecule has 0 amide bonds. The average molecular weight is 588 g/mol. The average Bonchev–Trinajstić information content (AvgIpc) is 3.18. The lowest BCUT2D eigenvalue weighted by Crippen LogP contribution is -2.68. The van der Waals surface area contributed by atoms with E-state index < -0.39 is 40.9 Å². The van der Waals surface area contributed by atoms with Gasteiger partial charge in [-0.1, -0.05) is 54.6 Å². The van der Waals surface area contributed by atoms with Gasteiger partial charge in [0.1, 0.15) is 17.6 Å². The number of aliphatic hydroxyl groups is 1. The van der Waals surface area contributed by atoms with Crippen LogP contribution in [0, 0.1) is 0 Å². The Morgan fingerprint density at radius 3 is 2.19 bits per heavy atom. The van der Waals surface area contributed by atoms with Crippen LogP contribution in [0.5, 0.6) is 11.5 Å². The van der Waals surface area contributed by atoms with Crippen molar-refractivity contribution in [1.82, 2.24) is 14.6 Å². The lowest BCUT2D eigenvalue weighted by Gasteiger charge is -2.52. The van der Waals surface area contributed by atoms with Crippen molar-refractivity contribution < 1.29 is 28.9 Å². The predicted molar refractivity (Wildman–Crippen MR) is 156 cm³/mol. The highest BCUT2D eigenvalue weighted by Crippen LogP contribution is 2.56. The minimum Gasteiger partial charge on any atom is -0.497 e. The van der Waals surface area contributed by atoms with Crippen LogP contribution in [0.3, 0.4) is 0 Å². The molecule has 2 bridgehead atoms. The molecule has 224 valence electrons. The number of benzene rings is 3. The summed E-state index contributed by atoms with van der Waals surface area (Å²) < 4.78 is 25.9. The number of hydrogen-bond acceptors (Lipinski definition) is 9. The van der Waals surface area contributed by atoms with Crippen molar-refractivity contribution in [3.63, 3.8) is 0 Å². The summed E-state index contributed by atoms with van der Waals surface area (Å²) >= 11 is 0. The molecule has 43 heavy (non-hydrogen) atoms. The van der Waals surface area contributed by atoms with E-state index in [1.165, 1.54) is 16.8 Å². The van der Waals surface area contributed by atoms with Crippen molar-refractivity contribution >= 4 is 0 Å². The normalized spacial score (nSPS) is 24.8. The van der Waals surface area contributed by atoms with Gasteiger partial charge < -0.3 is 24.1 Å². The van der Waals surface area contributed by atoms with Gasteiger partial charge in [-0.15, -0.1) is 0 Å². The molecule has 6 rings (SSSR count).